The van der Waals surface area contributed by atoms with Crippen LogP contribution in [0.15, 0.2) is 57.5 Å². The van der Waals surface area contributed by atoms with Crippen LogP contribution < -0.4 is 0 Å². The summed E-state index contributed by atoms with van der Waals surface area (Å²) in [5.74, 6) is -2.58. The second-order valence-corrected chi connectivity index (χ2v) is 6.75. The van der Waals surface area contributed by atoms with E-state index in [1.807, 2.05) is 0 Å². The van der Waals surface area contributed by atoms with Crippen molar-refractivity contribution < 1.29 is 18.4 Å². The lowest BCUT2D eigenvalue weighted by molar-refractivity contribution is 0.0671. The fourth-order valence-electron chi connectivity index (χ4n) is 2.14. The van der Waals surface area contributed by atoms with Crippen LogP contribution in [0.2, 0.25) is 0 Å². The molecule has 2 aromatic carbocycles. The van der Waals surface area contributed by atoms with E-state index in [0.29, 0.717) is 0 Å². The van der Waals surface area contributed by atoms with Crippen molar-refractivity contribution >= 4 is 43.4 Å². The number of ketones is 2. The Balaban J connectivity index is 2.32. The molecule has 2 rings (SSSR count). The molecule has 0 saturated carbocycles. The first-order chi connectivity index (χ1) is 10.9. The highest BCUT2D eigenvalue weighted by Gasteiger charge is 2.31. The Kier molecular flexibility index (Phi) is 6.18. The Labute approximate surface area is 149 Å². The molecular weight excluding hydrogens is 434 g/mol. The van der Waals surface area contributed by atoms with Gasteiger partial charge in [-0.1, -0.05) is 56.1 Å². The fourth-order valence-corrected chi connectivity index (χ4v) is 2.67. The molecule has 2 nitrogen and oxygen atoms in total. The summed E-state index contributed by atoms with van der Waals surface area (Å²) in [6.45, 7) is 0. The van der Waals surface area contributed by atoms with E-state index < -0.39 is 30.3 Å². The van der Waals surface area contributed by atoms with Gasteiger partial charge in [0.15, 0.2) is 11.6 Å². The van der Waals surface area contributed by atoms with Crippen LogP contribution in [-0.4, -0.2) is 18.0 Å². The second kappa shape index (κ2) is 7.93. The van der Waals surface area contributed by atoms with Gasteiger partial charge in [-0.3, -0.25) is 9.59 Å². The molecule has 0 amide bonds. The number of carbonyl (C=O) groups excluding carboxylic acids is 2. The topological polar surface area (TPSA) is 34.1 Å². The third-order valence-corrected chi connectivity index (χ3v) is 4.36. The molecule has 0 N–H and O–H groups in total. The predicted molar refractivity (Wildman–Crippen MR) is 91.1 cm³/mol. The highest BCUT2D eigenvalue weighted by atomic mass is 79.9. The molecule has 0 aromatic heterocycles. The zero-order valence-electron chi connectivity index (χ0n) is 11.8. The number of hydrogen-bond donors (Lipinski definition) is 0. The number of alkyl halides is 2. The summed E-state index contributed by atoms with van der Waals surface area (Å²) < 4.78 is 27.2. The van der Waals surface area contributed by atoms with E-state index in [1.54, 1.807) is 24.3 Å². The molecule has 120 valence electrons. The van der Waals surface area contributed by atoms with Crippen molar-refractivity contribution in [2.75, 3.05) is 0 Å². The molecule has 0 aliphatic rings. The summed E-state index contributed by atoms with van der Waals surface area (Å²) >= 11 is 6.48. The van der Waals surface area contributed by atoms with Crippen LogP contribution in [0.4, 0.5) is 8.78 Å². The molecule has 2 aromatic rings. The van der Waals surface area contributed by atoms with Crippen molar-refractivity contribution in [3.63, 3.8) is 0 Å². The number of rotatable bonds is 6. The predicted octanol–water partition coefficient (Wildman–Crippen LogP) is 5.55. The fraction of sp³-hybridized carbons (Fsp3) is 0.176. The van der Waals surface area contributed by atoms with Gasteiger partial charge in [-0.05, 0) is 24.3 Å². The lowest BCUT2D eigenvalue weighted by Crippen LogP contribution is -2.26. The van der Waals surface area contributed by atoms with Gasteiger partial charge in [-0.15, -0.1) is 0 Å². The Morgan fingerprint density at radius 3 is 1.43 bits per heavy atom. The SMILES string of the molecule is O=C(c1ccc(Br)cc1)C(CC(F)F)C(=O)c1ccc(Br)cc1. The van der Waals surface area contributed by atoms with E-state index in [1.165, 1.54) is 24.3 Å². The molecular formula is C17H12Br2F2O2. The van der Waals surface area contributed by atoms with Crippen LogP contribution >= 0.6 is 31.9 Å². The lowest BCUT2D eigenvalue weighted by atomic mass is 9.87. The van der Waals surface area contributed by atoms with Gasteiger partial charge in [-0.25, -0.2) is 8.78 Å². The third-order valence-electron chi connectivity index (χ3n) is 3.30. The monoisotopic (exact) mass is 444 g/mol. The van der Waals surface area contributed by atoms with E-state index in [-0.39, 0.29) is 11.1 Å². The Bertz CT molecular complexity index is 640. The van der Waals surface area contributed by atoms with Gasteiger partial charge in [0.25, 0.3) is 0 Å². The van der Waals surface area contributed by atoms with Crippen LogP contribution in [0.3, 0.4) is 0 Å². The maximum absolute atomic E-state index is 12.8. The third kappa shape index (κ3) is 4.78. The van der Waals surface area contributed by atoms with Gasteiger partial charge < -0.3 is 0 Å². The minimum absolute atomic E-state index is 0.240. The minimum atomic E-state index is -2.74. The summed E-state index contributed by atoms with van der Waals surface area (Å²) in [4.78, 5) is 25.0. The largest absolute Gasteiger partial charge is 0.293 e. The standard InChI is InChI=1S/C17H12Br2F2O2/c18-12-5-1-10(2-6-12)16(22)14(9-15(20)21)17(23)11-3-7-13(19)8-4-11/h1-8,14-15H,9H2. The molecule has 0 atom stereocenters. The van der Waals surface area contributed by atoms with Gasteiger partial charge in [0.2, 0.25) is 6.43 Å². The number of benzene rings is 2. The van der Waals surface area contributed by atoms with Crippen molar-refractivity contribution in [2.45, 2.75) is 12.8 Å². The Hall–Kier alpha value is -1.40. The summed E-state index contributed by atoms with van der Waals surface area (Å²) in [5.41, 5.74) is 0.480. The van der Waals surface area contributed by atoms with Gasteiger partial charge in [-0.2, -0.15) is 0 Å². The number of halogens is 4. The molecule has 0 unspecified atom stereocenters. The molecule has 0 aliphatic heterocycles. The van der Waals surface area contributed by atoms with Crippen LogP contribution in [0.25, 0.3) is 0 Å². The molecule has 0 radical (unpaired) electrons. The van der Waals surface area contributed by atoms with E-state index in [2.05, 4.69) is 31.9 Å². The van der Waals surface area contributed by atoms with Crippen LogP contribution in [0, 0.1) is 5.92 Å². The maximum Gasteiger partial charge on any atom is 0.239 e. The highest BCUT2D eigenvalue weighted by molar-refractivity contribution is 9.10. The molecule has 0 bridgehead atoms. The molecule has 0 aliphatic carbocycles. The molecule has 0 spiro atoms. The number of hydrogen-bond acceptors (Lipinski definition) is 2. The molecule has 0 saturated heterocycles. The van der Waals surface area contributed by atoms with Crippen molar-refractivity contribution in [1.29, 1.82) is 0 Å². The molecule has 6 heteroatoms. The van der Waals surface area contributed by atoms with Gasteiger partial charge in [0.1, 0.15) is 0 Å². The van der Waals surface area contributed by atoms with Gasteiger partial charge in [0.05, 0.1) is 5.92 Å². The zero-order chi connectivity index (χ0) is 17.0. The molecule has 0 fully saturated rings. The van der Waals surface area contributed by atoms with Crippen LogP contribution in [0.1, 0.15) is 27.1 Å². The lowest BCUT2D eigenvalue weighted by Gasteiger charge is -2.15. The summed E-state index contributed by atoms with van der Waals surface area (Å²) in [5, 5.41) is 0. The minimum Gasteiger partial charge on any atom is -0.293 e. The Morgan fingerprint density at radius 2 is 1.13 bits per heavy atom. The summed E-state index contributed by atoms with van der Waals surface area (Å²) in [6.07, 6.45) is -3.53. The maximum atomic E-state index is 12.8. The number of carbonyl (C=O) groups is 2. The van der Waals surface area contributed by atoms with E-state index in [9.17, 15) is 18.4 Å². The first-order valence-corrected chi connectivity index (χ1v) is 8.35. The molecule has 23 heavy (non-hydrogen) atoms. The van der Waals surface area contributed by atoms with E-state index >= 15 is 0 Å². The van der Waals surface area contributed by atoms with E-state index in [0.717, 1.165) is 8.95 Å². The average Bonchev–Trinajstić information content (AvgIpc) is 2.52. The average molecular weight is 446 g/mol. The quantitative estimate of drug-likeness (QED) is 0.431. The van der Waals surface area contributed by atoms with Crippen molar-refractivity contribution in [3.05, 3.63) is 68.6 Å². The normalized spacial score (nSPS) is 11.0. The highest BCUT2D eigenvalue weighted by Crippen LogP contribution is 2.23. The van der Waals surface area contributed by atoms with Gasteiger partial charge in [0, 0.05) is 26.5 Å². The first kappa shape index (κ1) is 17.9. The van der Waals surface area contributed by atoms with Crippen molar-refractivity contribution in [1.82, 2.24) is 0 Å². The first-order valence-electron chi connectivity index (χ1n) is 6.76. The Morgan fingerprint density at radius 1 is 0.783 bits per heavy atom. The zero-order valence-corrected chi connectivity index (χ0v) is 15.0. The van der Waals surface area contributed by atoms with Crippen LogP contribution in [0.5, 0.6) is 0 Å². The summed E-state index contributed by atoms with van der Waals surface area (Å²) in [7, 11) is 0. The van der Waals surface area contributed by atoms with Crippen molar-refractivity contribution in [2.24, 2.45) is 5.92 Å². The van der Waals surface area contributed by atoms with Crippen molar-refractivity contribution in [3.8, 4) is 0 Å². The smallest absolute Gasteiger partial charge is 0.239 e. The number of Topliss-reactive ketones (excluding diaryl/α,β-unsaturated/α-hetero) is 2. The second-order valence-electron chi connectivity index (χ2n) is 4.92. The summed E-state index contributed by atoms with van der Waals surface area (Å²) in [6, 6.07) is 12.6. The molecule has 0 heterocycles. The van der Waals surface area contributed by atoms with Gasteiger partial charge >= 0.3 is 0 Å². The van der Waals surface area contributed by atoms with E-state index in [4.69, 9.17) is 0 Å². The van der Waals surface area contributed by atoms with Crippen LogP contribution in [-0.2, 0) is 0 Å².